The molecule has 5 aromatic rings. The number of fused-ring (bicyclic) bond motifs is 1. The number of aliphatic carboxylic acids is 1. The largest absolute Gasteiger partial charge is 0.480 e. The number of carboxylic acid groups (broad SMARTS) is 1. The first kappa shape index (κ1) is 32.2. The summed E-state index contributed by atoms with van der Waals surface area (Å²) >= 11 is 15.6. The van der Waals surface area contributed by atoms with Crippen molar-refractivity contribution in [2.75, 3.05) is 13.1 Å². The number of nitrogens with one attached hydrogen (secondary N) is 2. The summed E-state index contributed by atoms with van der Waals surface area (Å²) in [6.45, 7) is 3.51. The van der Waals surface area contributed by atoms with Crippen LogP contribution in [0.4, 0.5) is 0 Å². The lowest BCUT2D eigenvalue weighted by atomic mass is 9.98. The molecule has 0 spiro atoms. The van der Waals surface area contributed by atoms with Gasteiger partial charge in [-0.15, -0.1) is 11.3 Å². The second-order valence-corrected chi connectivity index (χ2v) is 13.3. The normalized spacial score (nSPS) is 14.8. The molecule has 9 nitrogen and oxygen atoms in total. The Kier molecular flexibility index (Phi) is 10.0. The SMILES string of the molecule is Cc1ncc(-c2cccc(-c3cccc(Cc4nccc5sc(CNCC(=O)O)nc45)c3Cl)c2Cl)nc1CNC[C@@H]1CCC(=O)C1. The fraction of sp³-hybridized carbons (Fsp3) is 0.294. The molecule has 1 aliphatic rings. The van der Waals surface area contributed by atoms with Gasteiger partial charge in [0.1, 0.15) is 16.3 Å². The third-order valence-corrected chi connectivity index (χ3v) is 9.98. The van der Waals surface area contributed by atoms with Crippen LogP contribution in [0.15, 0.2) is 54.9 Å². The lowest BCUT2D eigenvalue weighted by Crippen LogP contribution is -2.22. The number of hydrogen-bond donors (Lipinski definition) is 3. The van der Waals surface area contributed by atoms with Crippen molar-refractivity contribution in [3.63, 3.8) is 0 Å². The second kappa shape index (κ2) is 14.3. The number of hydrogen-bond acceptors (Lipinski definition) is 9. The van der Waals surface area contributed by atoms with E-state index in [0.29, 0.717) is 59.8 Å². The summed E-state index contributed by atoms with van der Waals surface area (Å²) in [5.41, 5.74) is 7.13. The Bertz CT molecular complexity index is 1930. The van der Waals surface area contributed by atoms with Gasteiger partial charge >= 0.3 is 5.97 Å². The average molecular weight is 676 g/mol. The number of carbonyl (C=O) groups excluding carboxylic acids is 1. The molecule has 1 aliphatic carbocycles. The first-order valence-corrected chi connectivity index (χ1v) is 16.6. The van der Waals surface area contributed by atoms with Crippen molar-refractivity contribution in [3.8, 4) is 22.4 Å². The minimum absolute atomic E-state index is 0.132. The number of carbonyl (C=O) groups is 2. The van der Waals surface area contributed by atoms with Gasteiger partial charge in [0, 0.05) is 55.2 Å². The third-order valence-electron chi connectivity index (χ3n) is 8.11. The molecule has 1 saturated carbocycles. The molecule has 46 heavy (non-hydrogen) atoms. The van der Waals surface area contributed by atoms with Crippen LogP contribution in [0.2, 0.25) is 10.0 Å². The van der Waals surface area contributed by atoms with Crippen LogP contribution in [0, 0.1) is 12.8 Å². The number of aromatic nitrogens is 4. The van der Waals surface area contributed by atoms with E-state index >= 15 is 0 Å². The smallest absolute Gasteiger partial charge is 0.317 e. The Hall–Kier alpha value is -3.80. The zero-order valence-electron chi connectivity index (χ0n) is 25.1. The van der Waals surface area contributed by atoms with Gasteiger partial charge in [-0.2, -0.15) is 0 Å². The number of rotatable bonds is 12. The molecule has 3 heterocycles. The van der Waals surface area contributed by atoms with Gasteiger partial charge in [0.2, 0.25) is 0 Å². The van der Waals surface area contributed by atoms with Crippen LogP contribution >= 0.6 is 34.5 Å². The van der Waals surface area contributed by atoms with Gasteiger partial charge in [-0.25, -0.2) is 9.97 Å². The van der Waals surface area contributed by atoms with Gasteiger partial charge in [-0.05, 0) is 37.4 Å². The minimum Gasteiger partial charge on any atom is -0.480 e. The molecule has 1 atom stereocenters. The van der Waals surface area contributed by atoms with Crippen molar-refractivity contribution in [1.29, 1.82) is 0 Å². The molecule has 3 aromatic heterocycles. The molecule has 3 N–H and O–H groups in total. The molecule has 0 bridgehead atoms. The van der Waals surface area contributed by atoms with E-state index in [2.05, 4.69) is 20.6 Å². The molecule has 0 unspecified atom stereocenters. The monoisotopic (exact) mass is 674 g/mol. The van der Waals surface area contributed by atoms with Crippen molar-refractivity contribution in [1.82, 2.24) is 30.6 Å². The molecule has 236 valence electrons. The van der Waals surface area contributed by atoms with Crippen molar-refractivity contribution in [2.45, 2.75) is 45.7 Å². The van der Waals surface area contributed by atoms with Gasteiger partial charge in [-0.1, -0.05) is 59.6 Å². The standard InChI is InChI=1S/C34H32Cl2N6O3S/c1-19-27(15-37-14-20-8-9-22(43)12-20)41-28(16-40-19)25-7-3-6-24(33(25)36)23-5-2-4-21(32(23)35)13-26-34-29(10-11-39-26)46-30(42-34)17-38-18-31(44)45/h2-7,10-11,16,20,37-38H,8-9,12-15,17-18H2,1H3,(H,44,45)/t20-/m1/s1. The number of halogens is 2. The highest BCUT2D eigenvalue weighted by atomic mass is 35.5. The van der Waals surface area contributed by atoms with E-state index < -0.39 is 5.97 Å². The van der Waals surface area contributed by atoms with Crippen molar-refractivity contribution < 1.29 is 14.7 Å². The minimum atomic E-state index is -0.914. The maximum Gasteiger partial charge on any atom is 0.317 e. The lowest BCUT2D eigenvalue weighted by molar-refractivity contribution is -0.136. The predicted octanol–water partition coefficient (Wildman–Crippen LogP) is 6.65. The lowest BCUT2D eigenvalue weighted by Gasteiger charge is -2.15. The summed E-state index contributed by atoms with van der Waals surface area (Å²) in [6.07, 6.45) is 6.22. The summed E-state index contributed by atoms with van der Waals surface area (Å²) < 4.78 is 0.975. The maximum atomic E-state index is 11.6. The van der Waals surface area contributed by atoms with E-state index in [0.717, 1.165) is 67.5 Å². The Morgan fingerprint density at radius 2 is 1.76 bits per heavy atom. The summed E-state index contributed by atoms with van der Waals surface area (Å²) in [4.78, 5) is 41.4. The maximum absolute atomic E-state index is 11.6. The zero-order valence-corrected chi connectivity index (χ0v) is 27.5. The van der Waals surface area contributed by atoms with Gasteiger partial charge in [0.15, 0.2) is 0 Å². The van der Waals surface area contributed by atoms with E-state index in [9.17, 15) is 9.59 Å². The molecule has 0 saturated heterocycles. The molecule has 2 aromatic carbocycles. The van der Waals surface area contributed by atoms with Crippen LogP contribution in [0.1, 0.15) is 46.9 Å². The number of ketones is 1. The predicted molar refractivity (Wildman–Crippen MR) is 181 cm³/mol. The first-order valence-electron chi connectivity index (χ1n) is 15.0. The number of pyridine rings is 1. The first-order chi connectivity index (χ1) is 22.3. The quantitative estimate of drug-likeness (QED) is 0.133. The van der Waals surface area contributed by atoms with Gasteiger partial charge < -0.3 is 15.7 Å². The zero-order chi connectivity index (χ0) is 32.2. The van der Waals surface area contributed by atoms with Crippen LogP contribution in [-0.2, 0) is 29.1 Å². The highest BCUT2D eigenvalue weighted by Crippen LogP contribution is 2.40. The molecule has 6 rings (SSSR count). The fourth-order valence-corrected chi connectivity index (χ4v) is 7.30. The summed E-state index contributed by atoms with van der Waals surface area (Å²) in [5.74, 6) is -0.190. The van der Waals surface area contributed by atoms with Crippen LogP contribution in [0.25, 0.3) is 32.6 Å². The van der Waals surface area contributed by atoms with E-state index in [1.807, 2.05) is 49.4 Å². The molecule has 0 radical (unpaired) electrons. The Morgan fingerprint density at radius 1 is 0.978 bits per heavy atom. The third kappa shape index (κ3) is 7.27. The number of aryl methyl sites for hydroxylation is 1. The van der Waals surface area contributed by atoms with Crippen molar-refractivity contribution in [3.05, 3.63) is 92.6 Å². The van der Waals surface area contributed by atoms with Crippen molar-refractivity contribution in [2.24, 2.45) is 5.92 Å². The topological polar surface area (TPSA) is 130 Å². The summed E-state index contributed by atoms with van der Waals surface area (Å²) in [7, 11) is 0. The van der Waals surface area contributed by atoms with Gasteiger partial charge in [0.05, 0.1) is 50.3 Å². The number of benzene rings is 2. The van der Waals surface area contributed by atoms with Crippen LogP contribution in [0.5, 0.6) is 0 Å². The van der Waals surface area contributed by atoms with Gasteiger partial charge in [-0.3, -0.25) is 19.6 Å². The summed E-state index contributed by atoms with van der Waals surface area (Å²) in [5, 5.41) is 17.2. The highest BCUT2D eigenvalue weighted by molar-refractivity contribution is 7.18. The van der Waals surface area contributed by atoms with E-state index in [-0.39, 0.29) is 6.54 Å². The number of Topliss-reactive ketones (excluding diaryl/α,β-unsaturated/α-hetero) is 1. The van der Waals surface area contributed by atoms with Crippen LogP contribution < -0.4 is 10.6 Å². The number of carboxylic acids is 1. The Balaban J connectivity index is 1.24. The molecular formula is C34H32Cl2N6O3S. The van der Waals surface area contributed by atoms with E-state index in [4.69, 9.17) is 38.3 Å². The van der Waals surface area contributed by atoms with E-state index in [1.165, 1.54) is 11.3 Å². The highest BCUT2D eigenvalue weighted by Gasteiger charge is 2.22. The average Bonchev–Trinajstić information content (AvgIpc) is 3.65. The molecular weight excluding hydrogens is 643 g/mol. The molecule has 1 fully saturated rings. The fourth-order valence-electron chi connectivity index (χ4n) is 5.72. The van der Waals surface area contributed by atoms with Crippen LogP contribution in [-0.4, -0.2) is 49.9 Å². The number of nitrogens with zero attached hydrogens (tertiary/aromatic N) is 4. The molecule has 12 heteroatoms. The summed E-state index contributed by atoms with van der Waals surface area (Å²) in [6, 6.07) is 13.6. The van der Waals surface area contributed by atoms with E-state index in [1.54, 1.807) is 12.4 Å². The Labute approximate surface area is 280 Å². The van der Waals surface area contributed by atoms with Crippen molar-refractivity contribution >= 4 is 56.5 Å². The molecule has 0 aliphatic heterocycles. The number of thiazole rings is 1. The van der Waals surface area contributed by atoms with Gasteiger partial charge in [0.25, 0.3) is 0 Å². The Morgan fingerprint density at radius 3 is 2.54 bits per heavy atom. The van der Waals surface area contributed by atoms with Crippen LogP contribution in [0.3, 0.4) is 0 Å². The molecule has 0 amide bonds. The second-order valence-electron chi connectivity index (χ2n) is 11.4.